The summed E-state index contributed by atoms with van der Waals surface area (Å²) in [6, 6.07) is 8.41. The summed E-state index contributed by atoms with van der Waals surface area (Å²) < 4.78 is 35.5. The first-order valence-electron chi connectivity index (χ1n) is 10.8. The predicted molar refractivity (Wildman–Crippen MR) is 127 cm³/mol. The van der Waals surface area contributed by atoms with Gasteiger partial charge in [0.25, 0.3) is 15.9 Å². The van der Waals surface area contributed by atoms with Gasteiger partial charge in [-0.3, -0.25) is 9.52 Å². The van der Waals surface area contributed by atoms with E-state index in [-0.39, 0.29) is 22.1 Å². The minimum atomic E-state index is -4.00. The van der Waals surface area contributed by atoms with Crippen molar-refractivity contribution in [3.63, 3.8) is 0 Å². The number of fused-ring (bicyclic) bond motifs is 1. The number of furan rings is 1. The third-order valence-corrected chi connectivity index (χ3v) is 7.89. The maximum atomic E-state index is 13.4. The molecule has 1 amide bonds. The van der Waals surface area contributed by atoms with Crippen molar-refractivity contribution in [3.05, 3.63) is 57.8 Å². The molecular formula is C24H27ClN2O4S. The van der Waals surface area contributed by atoms with Crippen LogP contribution < -0.4 is 4.72 Å². The maximum absolute atomic E-state index is 13.4. The molecule has 1 aromatic heterocycles. The average Bonchev–Trinajstić information content (AvgIpc) is 2.91. The zero-order chi connectivity index (χ0) is 23.0. The van der Waals surface area contributed by atoms with Gasteiger partial charge in [-0.25, -0.2) is 8.42 Å². The van der Waals surface area contributed by atoms with E-state index in [1.165, 1.54) is 0 Å². The molecule has 1 N–H and O–H groups in total. The Morgan fingerprint density at radius 2 is 1.72 bits per heavy atom. The zero-order valence-corrected chi connectivity index (χ0v) is 20.1. The molecule has 1 aliphatic rings. The van der Waals surface area contributed by atoms with Gasteiger partial charge in [-0.15, -0.1) is 0 Å². The summed E-state index contributed by atoms with van der Waals surface area (Å²) in [6.07, 6.45) is 4.15. The van der Waals surface area contributed by atoms with E-state index in [9.17, 15) is 13.2 Å². The van der Waals surface area contributed by atoms with Gasteiger partial charge in [0.2, 0.25) is 0 Å². The largest absolute Gasteiger partial charge is 0.449 e. The van der Waals surface area contributed by atoms with Crippen LogP contribution in [0.25, 0.3) is 11.0 Å². The van der Waals surface area contributed by atoms with Crippen molar-refractivity contribution in [2.45, 2.75) is 51.3 Å². The Kier molecular flexibility index (Phi) is 6.23. The molecule has 6 nitrogen and oxygen atoms in total. The van der Waals surface area contributed by atoms with E-state index in [0.717, 1.165) is 31.2 Å². The molecule has 1 fully saturated rings. The SMILES string of the molecule is Cc1cc2c(C)c(C(=O)N3CCCCCC3)oc2c(S(=O)(=O)Nc2cccc(Cl)c2)c1C. The Balaban J connectivity index is 1.83. The smallest absolute Gasteiger partial charge is 0.289 e. The average molecular weight is 475 g/mol. The molecule has 0 aliphatic carbocycles. The molecular weight excluding hydrogens is 448 g/mol. The number of carbonyl (C=O) groups excluding carboxylic acids is 1. The van der Waals surface area contributed by atoms with Gasteiger partial charge >= 0.3 is 0 Å². The number of sulfonamides is 1. The summed E-state index contributed by atoms with van der Waals surface area (Å²) in [5.41, 5.74) is 2.61. The van der Waals surface area contributed by atoms with E-state index in [4.69, 9.17) is 16.0 Å². The van der Waals surface area contributed by atoms with Crippen molar-refractivity contribution in [1.29, 1.82) is 0 Å². The molecule has 8 heteroatoms. The van der Waals surface area contributed by atoms with Gasteiger partial charge in [-0.05, 0) is 69.0 Å². The van der Waals surface area contributed by atoms with Gasteiger partial charge in [0.15, 0.2) is 11.3 Å². The number of carbonyl (C=O) groups is 1. The highest BCUT2D eigenvalue weighted by Gasteiger charge is 2.30. The van der Waals surface area contributed by atoms with E-state index in [1.54, 1.807) is 31.2 Å². The molecule has 0 bridgehead atoms. The molecule has 1 aliphatic heterocycles. The summed E-state index contributed by atoms with van der Waals surface area (Å²) in [4.78, 5) is 15.1. The lowest BCUT2D eigenvalue weighted by atomic mass is 10.0. The summed E-state index contributed by atoms with van der Waals surface area (Å²) >= 11 is 6.02. The third kappa shape index (κ3) is 4.24. The molecule has 0 saturated carbocycles. The molecule has 0 unspecified atom stereocenters. The number of amides is 1. The van der Waals surface area contributed by atoms with Crippen LogP contribution in [0.5, 0.6) is 0 Å². The van der Waals surface area contributed by atoms with Crippen molar-refractivity contribution >= 4 is 44.2 Å². The zero-order valence-electron chi connectivity index (χ0n) is 18.5. The molecule has 0 radical (unpaired) electrons. The van der Waals surface area contributed by atoms with Gasteiger partial charge in [-0.1, -0.05) is 30.5 Å². The molecule has 0 atom stereocenters. The summed E-state index contributed by atoms with van der Waals surface area (Å²) in [5, 5.41) is 1.06. The van der Waals surface area contributed by atoms with Gasteiger partial charge in [-0.2, -0.15) is 0 Å². The number of hydrogen-bond donors (Lipinski definition) is 1. The molecule has 32 heavy (non-hydrogen) atoms. The highest BCUT2D eigenvalue weighted by Crippen LogP contribution is 2.36. The summed E-state index contributed by atoms with van der Waals surface area (Å²) in [6.45, 7) is 6.79. The van der Waals surface area contributed by atoms with Crippen LogP contribution in [0.15, 0.2) is 39.6 Å². The van der Waals surface area contributed by atoms with Crippen molar-refractivity contribution < 1.29 is 17.6 Å². The lowest BCUT2D eigenvalue weighted by Crippen LogP contribution is -2.31. The van der Waals surface area contributed by atoms with E-state index < -0.39 is 10.0 Å². The molecule has 170 valence electrons. The second-order valence-electron chi connectivity index (χ2n) is 8.40. The number of nitrogens with one attached hydrogen (secondary N) is 1. The molecule has 2 heterocycles. The topological polar surface area (TPSA) is 79.6 Å². The molecule has 0 spiro atoms. The number of nitrogens with zero attached hydrogens (tertiary/aromatic N) is 1. The van der Waals surface area contributed by atoms with Gasteiger partial charge in [0.1, 0.15) is 4.90 Å². The van der Waals surface area contributed by atoms with Crippen molar-refractivity contribution in [2.75, 3.05) is 17.8 Å². The van der Waals surface area contributed by atoms with Crippen LogP contribution in [0.4, 0.5) is 5.69 Å². The second kappa shape index (κ2) is 8.79. The quantitative estimate of drug-likeness (QED) is 0.516. The van der Waals surface area contributed by atoms with Crippen LogP contribution in [-0.2, 0) is 10.0 Å². The Morgan fingerprint density at radius 3 is 2.38 bits per heavy atom. The Hall–Kier alpha value is -2.51. The van der Waals surface area contributed by atoms with E-state index in [0.29, 0.717) is 40.3 Å². The van der Waals surface area contributed by atoms with Crippen LogP contribution in [-0.4, -0.2) is 32.3 Å². The normalized spacial score (nSPS) is 15.1. The van der Waals surface area contributed by atoms with Crippen molar-refractivity contribution in [2.24, 2.45) is 0 Å². The number of aryl methyl sites for hydroxylation is 2. The first-order chi connectivity index (χ1) is 15.2. The van der Waals surface area contributed by atoms with Crippen LogP contribution in [0, 0.1) is 20.8 Å². The lowest BCUT2D eigenvalue weighted by molar-refractivity contribution is 0.0731. The van der Waals surface area contributed by atoms with E-state index >= 15 is 0 Å². The molecule has 2 aromatic carbocycles. The van der Waals surface area contributed by atoms with Gasteiger partial charge < -0.3 is 9.32 Å². The number of halogens is 1. The number of anilines is 1. The highest BCUT2D eigenvalue weighted by atomic mass is 35.5. The number of benzene rings is 2. The first kappa shape index (κ1) is 22.7. The maximum Gasteiger partial charge on any atom is 0.289 e. The number of likely N-dealkylation sites (tertiary alicyclic amines) is 1. The van der Waals surface area contributed by atoms with Crippen molar-refractivity contribution in [3.8, 4) is 0 Å². The van der Waals surface area contributed by atoms with E-state index in [2.05, 4.69) is 4.72 Å². The fourth-order valence-corrected chi connectivity index (χ4v) is 5.94. The van der Waals surface area contributed by atoms with Crippen LogP contribution in [0.1, 0.15) is 52.9 Å². The Bertz CT molecular complexity index is 1290. The summed E-state index contributed by atoms with van der Waals surface area (Å²) in [7, 11) is -4.00. The standard InChI is InChI=1S/C24H27ClN2O4S/c1-15-13-20-17(3)21(24(28)27-11-6-4-5-7-12-27)31-22(20)23(16(15)2)32(29,30)26-19-10-8-9-18(25)14-19/h8-10,13-14,26H,4-7,11-12H2,1-3H3. The minimum absolute atomic E-state index is 0.0468. The Labute approximate surface area is 193 Å². The minimum Gasteiger partial charge on any atom is -0.449 e. The monoisotopic (exact) mass is 474 g/mol. The molecule has 3 aromatic rings. The highest BCUT2D eigenvalue weighted by molar-refractivity contribution is 7.93. The third-order valence-electron chi connectivity index (χ3n) is 6.13. The van der Waals surface area contributed by atoms with Crippen LogP contribution >= 0.6 is 11.6 Å². The fourth-order valence-electron chi connectivity index (χ4n) is 4.25. The fraction of sp³-hybridized carbons (Fsp3) is 0.375. The number of hydrogen-bond acceptors (Lipinski definition) is 4. The molecule has 4 rings (SSSR count). The van der Waals surface area contributed by atoms with E-state index in [1.807, 2.05) is 24.8 Å². The first-order valence-corrected chi connectivity index (χ1v) is 12.7. The Morgan fingerprint density at radius 1 is 1.03 bits per heavy atom. The summed E-state index contributed by atoms with van der Waals surface area (Å²) in [5.74, 6) is 0.0353. The second-order valence-corrected chi connectivity index (χ2v) is 10.5. The number of rotatable bonds is 4. The van der Waals surface area contributed by atoms with Gasteiger partial charge in [0.05, 0.1) is 5.69 Å². The predicted octanol–water partition coefficient (Wildman–Crippen LogP) is 5.83. The lowest BCUT2D eigenvalue weighted by Gasteiger charge is -2.19. The van der Waals surface area contributed by atoms with Crippen molar-refractivity contribution in [1.82, 2.24) is 4.90 Å². The van der Waals surface area contributed by atoms with Gasteiger partial charge in [0, 0.05) is 29.1 Å². The molecule has 1 saturated heterocycles. The van der Waals surface area contributed by atoms with Crippen LogP contribution in [0.2, 0.25) is 5.02 Å². The van der Waals surface area contributed by atoms with Crippen LogP contribution in [0.3, 0.4) is 0 Å².